The fourth-order valence-electron chi connectivity index (χ4n) is 2.22. The van der Waals surface area contributed by atoms with Gasteiger partial charge in [-0.25, -0.2) is 4.39 Å². The Labute approximate surface area is 143 Å². The molecule has 0 spiro atoms. The number of anilines is 1. The molecule has 2 aromatic carbocycles. The van der Waals surface area contributed by atoms with Gasteiger partial charge in [0.15, 0.2) is 0 Å². The Morgan fingerprint density at radius 1 is 1.27 bits per heavy atom. The summed E-state index contributed by atoms with van der Waals surface area (Å²) in [5.41, 5.74) is 2.12. The second-order valence-electron chi connectivity index (χ2n) is 4.99. The molecule has 2 nitrogen and oxygen atoms in total. The van der Waals surface area contributed by atoms with Gasteiger partial charge in [0.05, 0.1) is 12.2 Å². The lowest BCUT2D eigenvalue weighted by Crippen LogP contribution is -2.30. The largest absolute Gasteiger partial charge is 0.301 e. The molecule has 4 heteroatoms. The van der Waals surface area contributed by atoms with Crippen LogP contribution in [0.1, 0.15) is 18.1 Å². The smallest absolute Gasteiger partial charge is 0.251 e. The van der Waals surface area contributed by atoms with E-state index in [1.54, 1.807) is 13.0 Å². The summed E-state index contributed by atoms with van der Waals surface area (Å²) in [6.45, 7) is 3.94. The first-order valence-electron chi connectivity index (χ1n) is 6.96. The molecule has 0 unspecified atom stereocenters. The summed E-state index contributed by atoms with van der Waals surface area (Å²) < 4.78 is 15.2. The topological polar surface area (TPSA) is 20.3 Å². The monoisotopic (exact) mass is 409 g/mol. The predicted molar refractivity (Wildman–Crippen MR) is 96.3 cm³/mol. The van der Waals surface area contributed by atoms with Crippen LogP contribution >= 0.6 is 22.6 Å². The summed E-state index contributed by atoms with van der Waals surface area (Å²) in [5.74, 6) is -0.606. The molecule has 0 aliphatic rings. The van der Waals surface area contributed by atoms with E-state index < -0.39 is 0 Å². The Balaban J connectivity index is 2.47. The van der Waals surface area contributed by atoms with Gasteiger partial charge in [-0.3, -0.25) is 4.79 Å². The summed E-state index contributed by atoms with van der Waals surface area (Å²) in [6.07, 6.45) is 3.12. The van der Waals surface area contributed by atoms with Crippen molar-refractivity contribution in [2.24, 2.45) is 0 Å². The molecule has 0 aliphatic carbocycles. The van der Waals surface area contributed by atoms with Crippen molar-refractivity contribution in [2.45, 2.75) is 20.4 Å². The normalized spacial score (nSPS) is 10.9. The second-order valence-corrected chi connectivity index (χ2v) is 6.15. The maximum absolute atomic E-state index is 14.4. The lowest BCUT2D eigenvalue weighted by atomic mass is 10.1. The minimum atomic E-state index is -0.377. The quantitative estimate of drug-likeness (QED) is 0.523. The number of allylic oxidation sites excluding steroid dienone is 1. The number of nitrogens with zero attached hydrogens (tertiary/aromatic N) is 1. The standard InChI is InChI=1S/C18H17FINO/c1-3-7-17(22)21(12-14-8-5-4-6-9-14)18-15(19)10-13(2)11-16(18)20/h3-11H,12H2,1-2H3/b7-3+. The number of carbonyl (C=O) groups excluding carboxylic acids is 1. The molecule has 0 saturated heterocycles. The van der Waals surface area contributed by atoms with Crippen molar-refractivity contribution in [1.29, 1.82) is 0 Å². The SMILES string of the molecule is C/C=C/C(=O)N(Cc1ccccc1)c1c(F)cc(C)cc1I. The van der Waals surface area contributed by atoms with Crippen molar-refractivity contribution in [3.8, 4) is 0 Å². The minimum Gasteiger partial charge on any atom is -0.301 e. The Bertz CT molecular complexity index is 674. The van der Waals surface area contributed by atoms with Crippen LogP contribution < -0.4 is 4.90 Å². The first-order chi connectivity index (χ1) is 10.5. The van der Waals surface area contributed by atoms with Gasteiger partial charge in [0.25, 0.3) is 5.91 Å². The van der Waals surface area contributed by atoms with E-state index in [1.165, 1.54) is 17.0 Å². The van der Waals surface area contributed by atoms with Crippen molar-refractivity contribution in [2.75, 3.05) is 4.90 Å². The molecule has 0 aliphatic heterocycles. The van der Waals surface area contributed by atoms with Crippen LogP contribution in [-0.4, -0.2) is 5.91 Å². The molecule has 2 rings (SSSR count). The average Bonchev–Trinajstić information content (AvgIpc) is 2.46. The molecular weight excluding hydrogens is 392 g/mol. The molecule has 22 heavy (non-hydrogen) atoms. The van der Waals surface area contributed by atoms with Crippen LogP contribution in [0, 0.1) is 16.3 Å². The van der Waals surface area contributed by atoms with Gasteiger partial charge in [-0.2, -0.15) is 0 Å². The van der Waals surface area contributed by atoms with Crippen molar-refractivity contribution in [3.63, 3.8) is 0 Å². The molecule has 0 aromatic heterocycles. The molecule has 0 heterocycles. The van der Waals surface area contributed by atoms with Crippen LogP contribution in [-0.2, 0) is 11.3 Å². The molecular formula is C18H17FINO. The van der Waals surface area contributed by atoms with Crippen molar-refractivity contribution in [3.05, 3.63) is 75.1 Å². The lowest BCUT2D eigenvalue weighted by molar-refractivity contribution is -0.114. The predicted octanol–water partition coefficient (Wildman–Crippen LogP) is 4.85. The number of rotatable bonds is 4. The van der Waals surface area contributed by atoms with Crippen LogP contribution in [0.4, 0.5) is 10.1 Å². The van der Waals surface area contributed by atoms with Gasteiger partial charge in [-0.05, 0) is 65.8 Å². The van der Waals surface area contributed by atoms with Gasteiger partial charge in [-0.1, -0.05) is 36.4 Å². The van der Waals surface area contributed by atoms with E-state index in [0.717, 1.165) is 14.7 Å². The fraction of sp³-hybridized carbons (Fsp3) is 0.167. The molecule has 1 amide bonds. The zero-order chi connectivity index (χ0) is 16.1. The number of hydrogen-bond donors (Lipinski definition) is 0. The second kappa shape index (κ2) is 7.54. The highest BCUT2D eigenvalue weighted by molar-refractivity contribution is 14.1. The molecule has 0 saturated carbocycles. The van der Waals surface area contributed by atoms with Gasteiger partial charge in [0.2, 0.25) is 0 Å². The highest BCUT2D eigenvalue weighted by atomic mass is 127. The molecule has 0 N–H and O–H groups in total. The third-order valence-corrected chi connectivity index (χ3v) is 4.01. The Hall–Kier alpha value is -1.69. The highest BCUT2D eigenvalue weighted by Crippen LogP contribution is 2.29. The third kappa shape index (κ3) is 3.94. The molecule has 0 radical (unpaired) electrons. The van der Waals surface area contributed by atoms with Gasteiger partial charge in [0, 0.05) is 3.57 Å². The molecule has 114 valence electrons. The summed E-state index contributed by atoms with van der Waals surface area (Å²) in [5, 5.41) is 0. The van der Waals surface area contributed by atoms with Crippen LogP contribution in [0.5, 0.6) is 0 Å². The van der Waals surface area contributed by atoms with Crippen LogP contribution in [0.2, 0.25) is 0 Å². The van der Waals surface area contributed by atoms with Gasteiger partial charge >= 0.3 is 0 Å². The first kappa shape index (κ1) is 16.7. The third-order valence-electron chi connectivity index (χ3n) is 3.19. The summed E-state index contributed by atoms with van der Waals surface area (Å²) >= 11 is 2.07. The maximum atomic E-state index is 14.4. The van der Waals surface area contributed by atoms with E-state index >= 15 is 0 Å². The van der Waals surface area contributed by atoms with E-state index in [0.29, 0.717) is 12.2 Å². The fourth-order valence-corrected chi connectivity index (χ4v) is 3.26. The number of benzene rings is 2. The maximum Gasteiger partial charge on any atom is 0.251 e. The molecule has 0 atom stereocenters. The van der Waals surface area contributed by atoms with Gasteiger partial charge in [-0.15, -0.1) is 0 Å². The summed E-state index contributed by atoms with van der Waals surface area (Å²) in [4.78, 5) is 13.9. The number of hydrogen-bond acceptors (Lipinski definition) is 1. The zero-order valence-electron chi connectivity index (χ0n) is 12.5. The number of amides is 1. The molecule has 0 bridgehead atoms. The van der Waals surface area contributed by atoms with Gasteiger partial charge in [0.1, 0.15) is 5.82 Å². The van der Waals surface area contributed by atoms with Crippen molar-refractivity contribution >= 4 is 34.2 Å². The minimum absolute atomic E-state index is 0.230. The van der Waals surface area contributed by atoms with Crippen LogP contribution in [0.15, 0.2) is 54.6 Å². The Kier molecular flexibility index (Phi) is 5.71. The van der Waals surface area contributed by atoms with E-state index in [9.17, 15) is 9.18 Å². The van der Waals surface area contributed by atoms with Crippen LogP contribution in [0.25, 0.3) is 0 Å². The Morgan fingerprint density at radius 2 is 1.95 bits per heavy atom. The van der Waals surface area contributed by atoms with Crippen LogP contribution in [0.3, 0.4) is 0 Å². The van der Waals surface area contributed by atoms with E-state index in [2.05, 4.69) is 22.6 Å². The lowest BCUT2D eigenvalue weighted by Gasteiger charge is -2.24. The zero-order valence-corrected chi connectivity index (χ0v) is 14.7. The Morgan fingerprint density at radius 3 is 2.55 bits per heavy atom. The van der Waals surface area contributed by atoms with Gasteiger partial charge < -0.3 is 4.90 Å². The summed E-state index contributed by atoms with van der Waals surface area (Å²) in [7, 11) is 0. The summed E-state index contributed by atoms with van der Waals surface area (Å²) in [6, 6.07) is 12.9. The van der Waals surface area contributed by atoms with E-state index in [-0.39, 0.29) is 11.7 Å². The molecule has 0 fully saturated rings. The highest BCUT2D eigenvalue weighted by Gasteiger charge is 2.20. The van der Waals surface area contributed by atoms with E-state index in [1.807, 2.05) is 43.3 Å². The van der Waals surface area contributed by atoms with Crippen molar-refractivity contribution in [1.82, 2.24) is 0 Å². The number of carbonyl (C=O) groups is 1. The van der Waals surface area contributed by atoms with E-state index in [4.69, 9.17) is 0 Å². The number of halogens is 2. The van der Waals surface area contributed by atoms with Crippen molar-refractivity contribution < 1.29 is 9.18 Å². The first-order valence-corrected chi connectivity index (χ1v) is 8.04. The number of aryl methyl sites for hydroxylation is 1. The molecule has 2 aromatic rings. The average molecular weight is 409 g/mol.